The van der Waals surface area contributed by atoms with Crippen LogP contribution < -0.4 is 9.64 Å². The van der Waals surface area contributed by atoms with E-state index in [0.717, 1.165) is 33.3 Å². The van der Waals surface area contributed by atoms with Crippen LogP contribution in [0.25, 0.3) is 10.2 Å². The third kappa shape index (κ3) is 4.66. The van der Waals surface area contributed by atoms with Crippen molar-refractivity contribution >= 4 is 56.0 Å². The van der Waals surface area contributed by atoms with Crippen LogP contribution in [0.2, 0.25) is 5.02 Å². The Morgan fingerprint density at radius 3 is 2.63 bits per heavy atom. The van der Waals surface area contributed by atoms with Gasteiger partial charge in [-0.05, 0) is 36.4 Å². The SMILES string of the molecule is COc1c(Cl)ccc2sc(N3CCN(C(=O)CCSc4ccc(F)cc4)CC3)nc12. The van der Waals surface area contributed by atoms with E-state index < -0.39 is 0 Å². The Morgan fingerprint density at radius 2 is 1.93 bits per heavy atom. The van der Waals surface area contributed by atoms with Crippen LogP contribution in [0.1, 0.15) is 6.42 Å². The van der Waals surface area contributed by atoms with Gasteiger partial charge in [-0.15, -0.1) is 11.8 Å². The molecular weight excluding hydrogens is 445 g/mol. The lowest BCUT2D eigenvalue weighted by atomic mass is 10.3. The van der Waals surface area contributed by atoms with Crippen LogP contribution in [0.5, 0.6) is 5.75 Å². The number of thioether (sulfide) groups is 1. The minimum atomic E-state index is -0.247. The molecule has 9 heteroatoms. The third-order valence-corrected chi connectivity index (χ3v) is 7.35. The van der Waals surface area contributed by atoms with Gasteiger partial charge < -0.3 is 14.5 Å². The molecule has 4 rings (SSSR count). The second-order valence-electron chi connectivity index (χ2n) is 6.84. The number of rotatable bonds is 6. The first-order chi connectivity index (χ1) is 14.5. The summed E-state index contributed by atoms with van der Waals surface area (Å²) in [6.07, 6.45) is 0.471. The lowest BCUT2D eigenvalue weighted by molar-refractivity contribution is -0.131. The normalized spacial score (nSPS) is 14.4. The van der Waals surface area contributed by atoms with Crippen molar-refractivity contribution in [3.63, 3.8) is 0 Å². The highest BCUT2D eigenvalue weighted by Gasteiger charge is 2.23. The number of methoxy groups -OCH3 is 1. The number of anilines is 1. The van der Waals surface area contributed by atoms with Crippen LogP contribution in [0.4, 0.5) is 9.52 Å². The second kappa shape index (κ2) is 9.41. The van der Waals surface area contributed by atoms with E-state index >= 15 is 0 Å². The number of fused-ring (bicyclic) bond motifs is 1. The summed E-state index contributed by atoms with van der Waals surface area (Å²) >= 11 is 9.38. The zero-order valence-corrected chi connectivity index (χ0v) is 18.8. The summed E-state index contributed by atoms with van der Waals surface area (Å²) in [5.41, 5.74) is 0.779. The molecule has 0 aliphatic carbocycles. The number of nitrogens with zero attached hydrogens (tertiary/aromatic N) is 3. The molecule has 2 heterocycles. The number of halogens is 2. The van der Waals surface area contributed by atoms with Crippen molar-refractivity contribution in [1.29, 1.82) is 0 Å². The van der Waals surface area contributed by atoms with Gasteiger partial charge in [-0.1, -0.05) is 22.9 Å². The zero-order valence-electron chi connectivity index (χ0n) is 16.4. The summed E-state index contributed by atoms with van der Waals surface area (Å²) in [5.74, 6) is 1.19. The third-order valence-electron chi connectivity index (χ3n) is 4.96. The highest BCUT2D eigenvalue weighted by Crippen LogP contribution is 2.38. The van der Waals surface area contributed by atoms with Crippen molar-refractivity contribution < 1.29 is 13.9 Å². The number of carbonyl (C=O) groups excluding carboxylic acids is 1. The zero-order chi connectivity index (χ0) is 21.1. The summed E-state index contributed by atoms with van der Waals surface area (Å²) in [6.45, 7) is 2.83. The van der Waals surface area contributed by atoms with Crippen molar-refractivity contribution in [2.45, 2.75) is 11.3 Å². The molecule has 0 radical (unpaired) electrons. The van der Waals surface area contributed by atoms with Gasteiger partial charge in [-0.3, -0.25) is 4.79 Å². The molecule has 158 valence electrons. The van der Waals surface area contributed by atoms with Gasteiger partial charge in [-0.25, -0.2) is 9.37 Å². The molecule has 0 bridgehead atoms. The molecule has 1 aliphatic heterocycles. The maximum Gasteiger partial charge on any atom is 0.223 e. The minimum absolute atomic E-state index is 0.155. The number of amides is 1. The van der Waals surface area contributed by atoms with Gasteiger partial charge >= 0.3 is 0 Å². The molecule has 0 atom stereocenters. The summed E-state index contributed by atoms with van der Waals surface area (Å²) in [7, 11) is 1.60. The molecule has 0 spiro atoms. The Kier molecular flexibility index (Phi) is 6.65. The maximum absolute atomic E-state index is 13.0. The molecule has 2 aromatic carbocycles. The molecule has 1 aliphatic rings. The largest absolute Gasteiger partial charge is 0.493 e. The molecule has 30 heavy (non-hydrogen) atoms. The van der Waals surface area contributed by atoms with Gasteiger partial charge in [0.2, 0.25) is 5.91 Å². The van der Waals surface area contributed by atoms with Gasteiger partial charge in [-0.2, -0.15) is 0 Å². The monoisotopic (exact) mass is 465 g/mol. The summed E-state index contributed by atoms with van der Waals surface area (Å²) < 4.78 is 19.4. The second-order valence-corrected chi connectivity index (χ2v) is 9.43. The summed E-state index contributed by atoms with van der Waals surface area (Å²) in [6, 6.07) is 10.1. The predicted octanol–water partition coefficient (Wildman–Crippen LogP) is 4.93. The Labute approximate surface area is 187 Å². The van der Waals surface area contributed by atoms with E-state index in [1.807, 2.05) is 17.0 Å². The molecule has 5 nitrogen and oxygen atoms in total. The number of piperazine rings is 1. The van der Waals surface area contributed by atoms with E-state index in [2.05, 4.69) is 4.90 Å². The number of carbonyl (C=O) groups is 1. The van der Waals surface area contributed by atoms with Crippen molar-refractivity contribution in [3.8, 4) is 5.75 Å². The fourth-order valence-electron chi connectivity index (χ4n) is 3.36. The van der Waals surface area contributed by atoms with Crippen molar-refractivity contribution in [2.75, 3.05) is 43.9 Å². The number of ether oxygens (including phenoxy) is 1. The maximum atomic E-state index is 13.0. The molecule has 1 amide bonds. The Hall–Kier alpha value is -2.03. The van der Waals surface area contributed by atoms with Crippen molar-refractivity contribution in [3.05, 3.63) is 47.2 Å². The first-order valence-electron chi connectivity index (χ1n) is 9.59. The Morgan fingerprint density at radius 1 is 1.20 bits per heavy atom. The smallest absolute Gasteiger partial charge is 0.223 e. The standard InChI is InChI=1S/C21H21ClFN3O2S2/c1-28-20-16(22)6-7-17-19(20)24-21(30-17)26-11-9-25(10-12-26)18(27)8-13-29-15-4-2-14(23)3-5-15/h2-7H,8-13H2,1H3. The fourth-order valence-corrected chi connectivity index (χ4v) is 5.44. The number of hydrogen-bond donors (Lipinski definition) is 0. The fraction of sp³-hybridized carbons (Fsp3) is 0.333. The highest BCUT2D eigenvalue weighted by molar-refractivity contribution is 7.99. The van der Waals surface area contributed by atoms with Crippen LogP contribution in [0.15, 0.2) is 41.3 Å². The number of aromatic nitrogens is 1. The average molecular weight is 466 g/mol. The highest BCUT2D eigenvalue weighted by atomic mass is 35.5. The first kappa shape index (κ1) is 21.2. The predicted molar refractivity (Wildman–Crippen MR) is 122 cm³/mol. The van der Waals surface area contributed by atoms with E-state index in [1.54, 1.807) is 42.3 Å². The van der Waals surface area contributed by atoms with Gasteiger partial charge in [0, 0.05) is 43.2 Å². The topological polar surface area (TPSA) is 45.7 Å². The minimum Gasteiger partial charge on any atom is -0.493 e. The van der Waals surface area contributed by atoms with Crippen LogP contribution in [0.3, 0.4) is 0 Å². The van der Waals surface area contributed by atoms with E-state index in [9.17, 15) is 9.18 Å². The van der Waals surface area contributed by atoms with Gasteiger partial charge in [0.15, 0.2) is 10.9 Å². The number of hydrogen-bond acceptors (Lipinski definition) is 6. The van der Waals surface area contributed by atoms with Gasteiger partial charge in [0.25, 0.3) is 0 Å². The van der Waals surface area contributed by atoms with Crippen LogP contribution in [0, 0.1) is 5.82 Å². The molecule has 0 N–H and O–H groups in total. The lowest BCUT2D eigenvalue weighted by Crippen LogP contribution is -2.48. The van der Waals surface area contributed by atoms with E-state index in [0.29, 0.717) is 36.0 Å². The van der Waals surface area contributed by atoms with Gasteiger partial charge in [0.1, 0.15) is 11.3 Å². The van der Waals surface area contributed by atoms with Gasteiger partial charge in [0.05, 0.1) is 16.8 Å². The van der Waals surface area contributed by atoms with Crippen LogP contribution in [-0.2, 0) is 4.79 Å². The lowest BCUT2D eigenvalue weighted by Gasteiger charge is -2.34. The molecular formula is C21H21ClFN3O2S2. The summed E-state index contributed by atoms with van der Waals surface area (Å²) in [4.78, 5) is 22.4. The number of benzene rings is 2. The molecule has 0 unspecified atom stereocenters. The molecule has 1 aromatic heterocycles. The Bertz CT molecular complexity index is 1040. The molecule has 0 saturated carbocycles. The summed E-state index contributed by atoms with van der Waals surface area (Å²) in [5, 5.41) is 1.47. The average Bonchev–Trinajstić information content (AvgIpc) is 3.19. The van der Waals surface area contributed by atoms with Crippen LogP contribution in [-0.4, -0.2) is 54.8 Å². The van der Waals surface area contributed by atoms with Crippen LogP contribution >= 0.6 is 34.7 Å². The van der Waals surface area contributed by atoms with E-state index in [1.165, 1.54) is 12.1 Å². The Balaban J connectivity index is 1.30. The first-order valence-corrected chi connectivity index (χ1v) is 11.8. The van der Waals surface area contributed by atoms with E-state index in [-0.39, 0.29) is 11.7 Å². The quantitative estimate of drug-likeness (QED) is 0.483. The molecule has 1 saturated heterocycles. The molecule has 1 fully saturated rings. The number of thiazole rings is 1. The van der Waals surface area contributed by atoms with Crippen molar-refractivity contribution in [2.24, 2.45) is 0 Å². The van der Waals surface area contributed by atoms with E-state index in [4.69, 9.17) is 21.3 Å². The van der Waals surface area contributed by atoms with Crippen molar-refractivity contribution in [1.82, 2.24) is 9.88 Å². The molecule has 3 aromatic rings.